The van der Waals surface area contributed by atoms with Crippen molar-refractivity contribution in [2.24, 2.45) is 0 Å². The molecule has 25 heavy (non-hydrogen) atoms. The van der Waals surface area contributed by atoms with E-state index in [0.717, 1.165) is 17.1 Å². The van der Waals surface area contributed by atoms with E-state index in [2.05, 4.69) is 15.5 Å². The topological polar surface area (TPSA) is 59.8 Å². The number of para-hydroxylation sites is 2. The maximum Gasteiger partial charge on any atom is 0.234 e. The largest absolute Gasteiger partial charge is 0.324 e. The molecule has 1 N–H and O–H groups in total. The molecular weight excluding hydrogens is 356 g/mol. The van der Waals surface area contributed by atoms with Crippen LogP contribution in [0.15, 0.2) is 53.7 Å². The minimum Gasteiger partial charge on any atom is -0.324 e. The van der Waals surface area contributed by atoms with E-state index >= 15 is 0 Å². The maximum atomic E-state index is 12.2. The molecule has 0 unspecified atom stereocenters. The van der Waals surface area contributed by atoms with Crippen LogP contribution in [0, 0.1) is 13.8 Å². The molecule has 0 aliphatic carbocycles. The third-order valence-electron chi connectivity index (χ3n) is 3.63. The number of amides is 1. The number of rotatable bonds is 5. The average molecular weight is 373 g/mol. The van der Waals surface area contributed by atoms with Gasteiger partial charge < -0.3 is 5.32 Å². The molecule has 2 aromatic carbocycles. The number of anilines is 1. The van der Waals surface area contributed by atoms with Crippen LogP contribution in [0.5, 0.6) is 0 Å². The van der Waals surface area contributed by atoms with Crippen LogP contribution in [0.1, 0.15) is 11.4 Å². The number of nitrogens with zero attached hydrogens (tertiary/aromatic N) is 3. The van der Waals surface area contributed by atoms with Crippen LogP contribution >= 0.6 is 23.4 Å². The lowest BCUT2D eigenvalue weighted by Gasteiger charge is -2.11. The molecule has 0 spiro atoms. The Bertz CT molecular complexity index is 910. The van der Waals surface area contributed by atoms with Crippen molar-refractivity contribution in [1.82, 2.24) is 14.8 Å². The summed E-state index contributed by atoms with van der Waals surface area (Å²) in [6, 6.07) is 15.2. The van der Waals surface area contributed by atoms with Crippen molar-refractivity contribution in [1.29, 1.82) is 0 Å². The van der Waals surface area contributed by atoms with E-state index in [0.29, 0.717) is 15.9 Å². The quantitative estimate of drug-likeness (QED) is 0.679. The third-order valence-corrected chi connectivity index (χ3v) is 4.89. The minimum atomic E-state index is -0.143. The molecule has 128 valence electrons. The van der Waals surface area contributed by atoms with E-state index in [9.17, 15) is 4.79 Å². The Labute approximate surface area is 155 Å². The van der Waals surface area contributed by atoms with Gasteiger partial charge in [-0.3, -0.25) is 9.36 Å². The molecule has 1 amide bonds. The Morgan fingerprint density at radius 1 is 1.12 bits per heavy atom. The van der Waals surface area contributed by atoms with Crippen LogP contribution in [0.2, 0.25) is 5.02 Å². The monoisotopic (exact) mass is 372 g/mol. The summed E-state index contributed by atoms with van der Waals surface area (Å²) >= 11 is 7.40. The fraction of sp³-hybridized carbons (Fsp3) is 0.167. The van der Waals surface area contributed by atoms with Crippen molar-refractivity contribution >= 4 is 35.0 Å². The van der Waals surface area contributed by atoms with Gasteiger partial charge in [-0.15, -0.1) is 10.2 Å². The van der Waals surface area contributed by atoms with Crippen molar-refractivity contribution in [2.75, 3.05) is 11.1 Å². The van der Waals surface area contributed by atoms with E-state index < -0.39 is 0 Å². The summed E-state index contributed by atoms with van der Waals surface area (Å²) in [5.41, 5.74) is 2.73. The number of carbonyl (C=O) groups excluding carboxylic acids is 1. The first-order valence-electron chi connectivity index (χ1n) is 7.71. The van der Waals surface area contributed by atoms with Crippen molar-refractivity contribution in [2.45, 2.75) is 19.0 Å². The second-order valence-electron chi connectivity index (χ2n) is 5.47. The number of benzene rings is 2. The molecule has 0 fully saturated rings. The molecule has 7 heteroatoms. The number of nitrogens with one attached hydrogen (secondary N) is 1. The van der Waals surface area contributed by atoms with E-state index in [-0.39, 0.29) is 11.7 Å². The summed E-state index contributed by atoms with van der Waals surface area (Å²) in [6.07, 6.45) is 0. The summed E-state index contributed by atoms with van der Waals surface area (Å²) in [5.74, 6) is 0.855. The number of hydrogen-bond acceptors (Lipinski definition) is 4. The smallest absolute Gasteiger partial charge is 0.234 e. The molecule has 0 saturated carbocycles. The van der Waals surface area contributed by atoms with E-state index in [1.807, 2.05) is 54.8 Å². The van der Waals surface area contributed by atoms with Crippen LogP contribution in [-0.2, 0) is 4.79 Å². The standard InChI is InChI=1S/C18H17ClN4OS/c1-12-7-3-6-10-16(12)23-13(2)21-22-18(23)25-11-17(24)20-15-9-5-4-8-14(15)19/h3-10H,11H2,1-2H3,(H,20,24). The Hall–Kier alpha value is -2.31. The van der Waals surface area contributed by atoms with Crippen molar-refractivity contribution in [3.05, 3.63) is 64.9 Å². The Morgan fingerprint density at radius 3 is 2.60 bits per heavy atom. The molecule has 0 bridgehead atoms. The Kier molecular flexibility index (Phi) is 5.40. The minimum absolute atomic E-state index is 0.143. The predicted molar refractivity (Wildman–Crippen MR) is 102 cm³/mol. The summed E-state index contributed by atoms with van der Waals surface area (Å²) in [4.78, 5) is 12.2. The van der Waals surface area contributed by atoms with Crippen molar-refractivity contribution < 1.29 is 4.79 Å². The average Bonchev–Trinajstić information content (AvgIpc) is 2.96. The summed E-state index contributed by atoms with van der Waals surface area (Å²) < 4.78 is 1.96. The van der Waals surface area contributed by atoms with E-state index in [4.69, 9.17) is 11.6 Å². The van der Waals surface area contributed by atoms with Gasteiger partial charge in [-0.2, -0.15) is 0 Å². The highest BCUT2D eigenvalue weighted by molar-refractivity contribution is 7.99. The van der Waals surface area contributed by atoms with E-state index in [1.165, 1.54) is 11.8 Å². The molecule has 0 aliphatic heterocycles. The fourth-order valence-electron chi connectivity index (χ4n) is 2.41. The highest BCUT2D eigenvalue weighted by atomic mass is 35.5. The van der Waals surface area contributed by atoms with Gasteiger partial charge in [0, 0.05) is 0 Å². The van der Waals surface area contributed by atoms with Gasteiger partial charge in [0.05, 0.1) is 22.2 Å². The van der Waals surface area contributed by atoms with Gasteiger partial charge in [0.25, 0.3) is 0 Å². The third kappa shape index (κ3) is 4.03. The molecule has 0 saturated heterocycles. The highest BCUT2D eigenvalue weighted by Crippen LogP contribution is 2.25. The molecule has 3 aromatic rings. The zero-order chi connectivity index (χ0) is 17.8. The number of halogens is 1. The van der Waals surface area contributed by atoms with Crippen molar-refractivity contribution in [3.8, 4) is 5.69 Å². The van der Waals surface area contributed by atoms with Crippen LogP contribution in [0.4, 0.5) is 5.69 Å². The molecule has 1 heterocycles. The van der Waals surface area contributed by atoms with Crippen LogP contribution in [-0.4, -0.2) is 26.4 Å². The molecule has 3 rings (SSSR count). The number of aryl methyl sites for hydroxylation is 2. The highest BCUT2D eigenvalue weighted by Gasteiger charge is 2.15. The van der Waals surface area contributed by atoms with Crippen LogP contribution < -0.4 is 5.32 Å². The van der Waals surface area contributed by atoms with Gasteiger partial charge >= 0.3 is 0 Å². The normalized spacial score (nSPS) is 10.7. The summed E-state index contributed by atoms with van der Waals surface area (Å²) in [7, 11) is 0. The van der Waals surface area contributed by atoms with E-state index in [1.54, 1.807) is 12.1 Å². The molecular formula is C18H17ClN4OS. The molecule has 0 atom stereocenters. The summed E-state index contributed by atoms with van der Waals surface area (Å²) in [6.45, 7) is 3.93. The first-order valence-corrected chi connectivity index (χ1v) is 9.08. The SMILES string of the molecule is Cc1ccccc1-n1c(C)nnc1SCC(=O)Nc1ccccc1Cl. The lowest BCUT2D eigenvalue weighted by atomic mass is 10.2. The number of aromatic nitrogens is 3. The second kappa shape index (κ2) is 7.72. The molecule has 5 nitrogen and oxygen atoms in total. The van der Waals surface area contributed by atoms with Gasteiger partial charge in [-0.1, -0.05) is 53.7 Å². The Balaban J connectivity index is 1.73. The van der Waals surface area contributed by atoms with Crippen molar-refractivity contribution in [3.63, 3.8) is 0 Å². The first-order chi connectivity index (χ1) is 12.1. The molecule has 1 aromatic heterocycles. The van der Waals surface area contributed by atoms with Gasteiger partial charge in [0.15, 0.2) is 5.16 Å². The fourth-order valence-corrected chi connectivity index (χ4v) is 3.38. The lowest BCUT2D eigenvalue weighted by Crippen LogP contribution is -2.15. The first kappa shape index (κ1) is 17.5. The van der Waals surface area contributed by atoms with Gasteiger partial charge in [-0.25, -0.2) is 0 Å². The van der Waals surface area contributed by atoms with Crippen LogP contribution in [0.25, 0.3) is 5.69 Å². The predicted octanol–water partition coefficient (Wildman–Crippen LogP) is 4.27. The number of carbonyl (C=O) groups is 1. The number of thioether (sulfide) groups is 1. The van der Waals surface area contributed by atoms with Gasteiger partial charge in [0.1, 0.15) is 5.82 Å². The molecule has 0 aliphatic rings. The maximum absolute atomic E-state index is 12.2. The molecule has 0 radical (unpaired) electrons. The zero-order valence-corrected chi connectivity index (χ0v) is 15.4. The zero-order valence-electron chi connectivity index (χ0n) is 13.9. The van der Waals surface area contributed by atoms with Crippen LogP contribution in [0.3, 0.4) is 0 Å². The number of hydrogen-bond donors (Lipinski definition) is 1. The van der Waals surface area contributed by atoms with Gasteiger partial charge in [0.2, 0.25) is 5.91 Å². The van der Waals surface area contributed by atoms with Gasteiger partial charge in [-0.05, 0) is 37.6 Å². The lowest BCUT2D eigenvalue weighted by molar-refractivity contribution is -0.113. The summed E-state index contributed by atoms with van der Waals surface area (Å²) in [5, 5.41) is 12.4. The second-order valence-corrected chi connectivity index (χ2v) is 6.82. The Morgan fingerprint density at radius 2 is 1.84 bits per heavy atom.